The van der Waals surface area contributed by atoms with E-state index >= 15 is 0 Å². The van der Waals surface area contributed by atoms with E-state index in [1.54, 1.807) is 0 Å². The number of rotatable bonds is 8. The van der Waals surface area contributed by atoms with Gasteiger partial charge in [0.1, 0.15) is 6.23 Å². The molecule has 1 aliphatic rings. The summed E-state index contributed by atoms with van der Waals surface area (Å²) < 4.78 is 11.5. The van der Waals surface area contributed by atoms with Gasteiger partial charge in [-0.1, -0.05) is 76.6 Å². The first-order chi connectivity index (χ1) is 12.7. The van der Waals surface area contributed by atoms with Crippen LogP contribution in [0.4, 0.5) is 0 Å². The number of alkyl halides is 1. The van der Waals surface area contributed by atoms with Crippen LogP contribution < -0.4 is 5.32 Å². The molecule has 0 aromatic heterocycles. The summed E-state index contributed by atoms with van der Waals surface area (Å²) in [7, 11) is 0. The van der Waals surface area contributed by atoms with Crippen LogP contribution in [-0.2, 0) is 19.1 Å². The van der Waals surface area contributed by atoms with Crippen LogP contribution in [0.25, 0.3) is 0 Å². The van der Waals surface area contributed by atoms with Crippen LogP contribution in [0.1, 0.15) is 30.1 Å². The lowest BCUT2D eigenvalue weighted by molar-refractivity contribution is -0.155. The molecule has 0 spiro atoms. The Morgan fingerprint density at radius 3 is 2.08 bits per heavy atom. The average Bonchev–Trinajstić information content (AvgIpc) is 2.65. The van der Waals surface area contributed by atoms with Crippen LogP contribution in [0.5, 0.6) is 0 Å². The zero-order valence-electron chi connectivity index (χ0n) is 14.1. The van der Waals surface area contributed by atoms with Crippen molar-refractivity contribution in [1.29, 1.82) is 0 Å². The Hall–Kier alpha value is -2.18. The molecule has 6 heteroatoms. The summed E-state index contributed by atoms with van der Waals surface area (Å²) in [4.78, 5) is 23.5. The molecule has 1 aliphatic heterocycles. The maximum absolute atomic E-state index is 12.5. The third-order valence-electron chi connectivity index (χ3n) is 4.07. The summed E-state index contributed by atoms with van der Waals surface area (Å²) in [5.41, 5.74) is 1.82. The lowest BCUT2D eigenvalue weighted by Gasteiger charge is -2.30. The number of carbonyl (C=O) groups is 2. The molecule has 1 fully saturated rings. The normalized spacial score (nSPS) is 17.3. The molecule has 2 aromatic rings. The number of carbonyl (C=O) groups excluding carboxylic acids is 2. The number of hydrogen-bond donors (Lipinski definition) is 1. The summed E-state index contributed by atoms with van der Waals surface area (Å²) in [5, 5.41) is 3.12. The fraction of sp³-hybridized carbons (Fsp3) is 0.300. The van der Waals surface area contributed by atoms with E-state index in [1.165, 1.54) is 0 Å². The van der Waals surface area contributed by atoms with Gasteiger partial charge >= 0.3 is 5.97 Å². The van der Waals surface area contributed by atoms with Gasteiger partial charge < -0.3 is 14.8 Å². The van der Waals surface area contributed by atoms with Crippen LogP contribution >= 0.6 is 15.9 Å². The number of hydrogen-bond acceptors (Lipinski definition) is 4. The van der Waals surface area contributed by atoms with E-state index in [0.717, 1.165) is 11.1 Å². The molecule has 1 heterocycles. The predicted molar refractivity (Wildman–Crippen MR) is 101 cm³/mol. The topological polar surface area (TPSA) is 64.6 Å². The largest absolute Gasteiger partial charge is 0.452 e. The van der Waals surface area contributed by atoms with Crippen molar-refractivity contribution >= 4 is 27.8 Å². The van der Waals surface area contributed by atoms with Crippen molar-refractivity contribution in [3.05, 3.63) is 71.8 Å². The fourth-order valence-corrected chi connectivity index (χ4v) is 3.11. The van der Waals surface area contributed by atoms with E-state index in [9.17, 15) is 9.59 Å². The number of β-lactam (4-membered cyclic amide) rings is 1. The van der Waals surface area contributed by atoms with Crippen LogP contribution in [0.3, 0.4) is 0 Å². The Labute approximate surface area is 160 Å². The summed E-state index contributed by atoms with van der Waals surface area (Å²) in [6, 6.07) is 19.3. The Balaban J connectivity index is 1.66. The molecule has 136 valence electrons. The van der Waals surface area contributed by atoms with Gasteiger partial charge in [-0.15, -0.1) is 0 Å². The van der Waals surface area contributed by atoms with E-state index < -0.39 is 6.10 Å². The lowest BCUT2D eigenvalue weighted by Crippen LogP contribution is -2.51. The first-order valence-corrected chi connectivity index (χ1v) is 9.58. The number of esters is 1. The van der Waals surface area contributed by atoms with Crippen LogP contribution in [-0.4, -0.2) is 29.5 Å². The van der Waals surface area contributed by atoms with Crippen molar-refractivity contribution in [2.75, 3.05) is 5.33 Å². The minimum atomic E-state index is -0.468. The Bertz CT molecular complexity index is 690. The highest BCUT2D eigenvalue weighted by Gasteiger charge is 2.30. The molecule has 0 aliphatic carbocycles. The summed E-state index contributed by atoms with van der Waals surface area (Å²) in [6.45, 7) is 0. The van der Waals surface area contributed by atoms with Crippen molar-refractivity contribution < 1.29 is 19.1 Å². The molecular weight excluding hydrogens is 398 g/mol. The van der Waals surface area contributed by atoms with Crippen molar-refractivity contribution in [3.8, 4) is 0 Å². The maximum Gasteiger partial charge on any atom is 0.309 e. The second kappa shape index (κ2) is 8.96. The summed E-state index contributed by atoms with van der Waals surface area (Å²) >= 11 is 3.35. The van der Waals surface area contributed by atoms with Gasteiger partial charge in [0.25, 0.3) is 0 Å². The number of amides is 1. The Morgan fingerprint density at radius 1 is 1.08 bits per heavy atom. The highest BCUT2D eigenvalue weighted by Crippen LogP contribution is 2.27. The number of halogens is 1. The first-order valence-electron chi connectivity index (χ1n) is 8.46. The maximum atomic E-state index is 12.5. The van der Waals surface area contributed by atoms with Crippen molar-refractivity contribution in [2.24, 2.45) is 0 Å². The third-order valence-corrected chi connectivity index (χ3v) is 4.79. The highest BCUT2D eigenvalue weighted by atomic mass is 79.9. The second-order valence-electron chi connectivity index (χ2n) is 6.07. The lowest BCUT2D eigenvalue weighted by atomic mass is 10.0. The van der Waals surface area contributed by atoms with Gasteiger partial charge in [0.15, 0.2) is 6.10 Å². The SMILES string of the molecule is O=C1CC(OC(CBr)CC(=O)OC(c2ccccc2)c2ccccc2)N1. The zero-order valence-corrected chi connectivity index (χ0v) is 15.7. The van der Waals surface area contributed by atoms with Gasteiger partial charge in [-0.25, -0.2) is 0 Å². The molecule has 1 N–H and O–H groups in total. The minimum Gasteiger partial charge on any atom is -0.452 e. The summed E-state index contributed by atoms with van der Waals surface area (Å²) in [5.74, 6) is -0.392. The molecule has 26 heavy (non-hydrogen) atoms. The molecule has 5 nitrogen and oxygen atoms in total. The van der Waals surface area contributed by atoms with E-state index in [1.807, 2.05) is 60.7 Å². The molecule has 2 aromatic carbocycles. The molecule has 2 unspecified atom stereocenters. The van der Waals surface area contributed by atoms with E-state index in [4.69, 9.17) is 9.47 Å². The second-order valence-corrected chi connectivity index (χ2v) is 6.72. The van der Waals surface area contributed by atoms with E-state index in [2.05, 4.69) is 21.2 Å². The van der Waals surface area contributed by atoms with Gasteiger partial charge in [-0.3, -0.25) is 9.59 Å². The van der Waals surface area contributed by atoms with Crippen molar-refractivity contribution in [1.82, 2.24) is 5.32 Å². The first kappa shape index (κ1) is 18.6. The third kappa shape index (κ3) is 4.93. The summed E-state index contributed by atoms with van der Waals surface area (Å²) in [6.07, 6.45) is -0.718. The Morgan fingerprint density at radius 2 is 1.62 bits per heavy atom. The van der Waals surface area contributed by atoms with Crippen LogP contribution in [0, 0.1) is 0 Å². The molecule has 2 atom stereocenters. The predicted octanol–water partition coefficient (Wildman–Crippen LogP) is 3.34. The molecular formula is C20H20BrNO4. The van der Waals surface area contributed by atoms with Gasteiger partial charge in [0.05, 0.1) is 18.9 Å². The van der Waals surface area contributed by atoms with Gasteiger partial charge in [0.2, 0.25) is 5.91 Å². The van der Waals surface area contributed by atoms with Crippen LogP contribution in [0.2, 0.25) is 0 Å². The van der Waals surface area contributed by atoms with E-state index in [0.29, 0.717) is 11.8 Å². The fourth-order valence-electron chi connectivity index (χ4n) is 2.73. The smallest absolute Gasteiger partial charge is 0.309 e. The number of ether oxygens (including phenoxy) is 2. The van der Waals surface area contributed by atoms with E-state index in [-0.39, 0.29) is 30.6 Å². The van der Waals surface area contributed by atoms with Crippen LogP contribution in [0.15, 0.2) is 60.7 Å². The number of nitrogens with one attached hydrogen (secondary N) is 1. The standard InChI is InChI=1S/C20H20BrNO4/c21-13-16(25-18-12-17(23)22-18)11-19(24)26-20(14-7-3-1-4-8-14)15-9-5-2-6-10-15/h1-10,16,18,20H,11-13H2,(H,22,23). The van der Waals surface area contributed by atoms with Gasteiger partial charge in [0, 0.05) is 5.33 Å². The molecule has 0 saturated carbocycles. The molecule has 1 amide bonds. The Kier molecular flexibility index (Phi) is 6.41. The van der Waals surface area contributed by atoms with Gasteiger partial charge in [-0.05, 0) is 11.1 Å². The van der Waals surface area contributed by atoms with Gasteiger partial charge in [-0.2, -0.15) is 0 Å². The molecule has 1 saturated heterocycles. The minimum absolute atomic E-state index is 0.0425. The quantitative estimate of drug-likeness (QED) is 0.406. The molecule has 0 bridgehead atoms. The molecule has 3 rings (SSSR count). The monoisotopic (exact) mass is 417 g/mol. The average molecular weight is 418 g/mol. The van der Waals surface area contributed by atoms with Crippen molar-refractivity contribution in [2.45, 2.75) is 31.3 Å². The highest BCUT2D eigenvalue weighted by molar-refractivity contribution is 9.09. The number of benzene rings is 2. The van der Waals surface area contributed by atoms with Crippen molar-refractivity contribution in [3.63, 3.8) is 0 Å². The zero-order chi connectivity index (χ0) is 18.4. The molecule has 0 radical (unpaired) electrons.